The molecule has 0 bridgehead atoms. The summed E-state index contributed by atoms with van der Waals surface area (Å²) in [5.41, 5.74) is 5.50. The second kappa shape index (κ2) is 4.41. The average Bonchev–Trinajstić information content (AvgIpc) is 2.61. The van der Waals surface area contributed by atoms with Gasteiger partial charge in [0.2, 0.25) is 0 Å². The minimum Gasteiger partial charge on any atom is -0.324 e. The van der Waals surface area contributed by atoms with E-state index in [1.807, 2.05) is 13.8 Å². The van der Waals surface area contributed by atoms with Crippen LogP contribution in [0.3, 0.4) is 0 Å². The van der Waals surface area contributed by atoms with Crippen LogP contribution in [-0.2, 0) is 20.1 Å². The van der Waals surface area contributed by atoms with Crippen molar-refractivity contribution in [2.24, 2.45) is 18.7 Å². The number of aromatic nitrogens is 4. The first-order valence-electron chi connectivity index (χ1n) is 5.84. The third kappa shape index (κ3) is 1.86. The molecule has 7 heteroatoms. The summed E-state index contributed by atoms with van der Waals surface area (Å²) in [5.74, 6) is 0.860. The predicted octanol–water partition coefficient (Wildman–Crippen LogP) is -0.462. The van der Waals surface area contributed by atoms with Crippen LogP contribution < -0.4 is 17.0 Å². The lowest BCUT2D eigenvalue weighted by molar-refractivity contribution is 0.513. The number of hydrogen-bond donors (Lipinski definition) is 2. The van der Waals surface area contributed by atoms with Gasteiger partial charge in [-0.1, -0.05) is 13.8 Å². The van der Waals surface area contributed by atoms with Crippen molar-refractivity contribution in [3.05, 3.63) is 26.7 Å². The predicted molar refractivity (Wildman–Crippen MR) is 68.3 cm³/mol. The molecule has 0 spiro atoms. The molecule has 18 heavy (non-hydrogen) atoms. The summed E-state index contributed by atoms with van der Waals surface area (Å²) < 4.78 is 3.12. The fourth-order valence-electron chi connectivity index (χ4n) is 2.01. The van der Waals surface area contributed by atoms with Gasteiger partial charge in [-0.05, 0) is 5.92 Å². The number of nitrogens with two attached hydrogens (primary N) is 1. The first-order chi connectivity index (χ1) is 8.45. The number of aryl methyl sites for hydroxylation is 1. The summed E-state index contributed by atoms with van der Waals surface area (Å²) in [6, 6.07) is 0. The van der Waals surface area contributed by atoms with E-state index in [0.717, 1.165) is 0 Å². The van der Waals surface area contributed by atoms with Crippen LogP contribution in [0.15, 0.2) is 9.59 Å². The van der Waals surface area contributed by atoms with Gasteiger partial charge in [0.15, 0.2) is 11.2 Å². The van der Waals surface area contributed by atoms with E-state index < -0.39 is 11.2 Å². The van der Waals surface area contributed by atoms with Gasteiger partial charge in [0, 0.05) is 13.6 Å². The van der Waals surface area contributed by atoms with Crippen LogP contribution in [0.5, 0.6) is 0 Å². The lowest BCUT2D eigenvalue weighted by Gasteiger charge is -2.08. The Morgan fingerprint density at radius 2 is 2.06 bits per heavy atom. The van der Waals surface area contributed by atoms with Crippen molar-refractivity contribution < 1.29 is 0 Å². The highest BCUT2D eigenvalue weighted by molar-refractivity contribution is 5.70. The van der Waals surface area contributed by atoms with Crippen molar-refractivity contribution >= 4 is 11.2 Å². The van der Waals surface area contributed by atoms with Crippen molar-refractivity contribution in [1.82, 2.24) is 19.1 Å². The number of fused-ring (bicyclic) bond motifs is 1. The van der Waals surface area contributed by atoms with E-state index in [4.69, 9.17) is 5.73 Å². The molecule has 0 unspecified atom stereocenters. The van der Waals surface area contributed by atoms with Crippen molar-refractivity contribution in [3.63, 3.8) is 0 Å². The highest BCUT2D eigenvalue weighted by Gasteiger charge is 2.15. The normalized spacial score (nSPS) is 11.6. The smallest absolute Gasteiger partial charge is 0.324 e. The van der Waals surface area contributed by atoms with Gasteiger partial charge >= 0.3 is 5.69 Å². The Hall–Kier alpha value is -1.89. The second-order valence-corrected chi connectivity index (χ2v) is 4.73. The molecule has 0 saturated heterocycles. The minimum absolute atomic E-state index is 0.223. The number of nitrogens with zero attached hydrogens (tertiary/aromatic N) is 3. The largest absolute Gasteiger partial charge is 0.330 e. The van der Waals surface area contributed by atoms with Crippen molar-refractivity contribution in [2.45, 2.75) is 26.9 Å². The quantitative estimate of drug-likeness (QED) is 0.771. The maximum atomic E-state index is 11.8. The Bertz CT molecular complexity index is 692. The maximum absolute atomic E-state index is 11.8. The van der Waals surface area contributed by atoms with Gasteiger partial charge in [0.05, 0.1) is 6.54 Å². The van der Waals surface area contributed by atoms with E-state index in [0.29, 0.717) is 23.5 Å². The zero-order chi connectivity index (χ0) is 13.4. The van der Waals surface area contributed by atoms with Gasteiger partial charge < -0.3 is 10.3 Å². The van der Waals surface area contributed by atoms with E-state index in [1.165, 1.54) is 4.57 Å². The minimum atomic E-state index is -0.428. The van der Waals surface area contributed by atoms with Crippen molar-refractivity contribution in [1.29, 1.82) is 0 Å². The number of rotatable bonds is 3. The second-order valence-electron chi connectivity index (χ2n) is 4.73. The van der Waals surface area contributed by atoms with Crippen LogP contribution in [0.1, 0.15) is 19.7 Å². The molecule has 0 aliphatic rings. The number of aromatic amines is 1. The first-order valence-corrected chi connectivity index (χ1v) is 5.84. The molecule has 0 amide bonds. The molecular formula is C11H17N5O2. The van der Waals surface area contributed by atoms with Crippen LogP contribution in [0.4, 0.5) is 0 Å². The molecule has 0 atom stereocenters. The van der Waals surface area contributed by atoms with Crippen LogP contribution >= 0.6 is 0 Å². The summed E-state index contributed by atoms with van der Waals surface area (Å²) >= 11 is 0. The molecule has 7 nitrogen and oxygen atoms in total. The van der Waals surface area contributed by atoms with Gasteiger partial charge in [-0.15, -0.1) is 0 Å². The van der Waals surface area contributed by atoms with Crippen LogP contribution in [0.25, 0.3) is 11.2 Å². The lowest BCUT2D eigenvalue weighted by Crippen LogP contribution is -2.32. The molecule has 2 aromatic heterocycles. The van der Waals surface area contributed by atoms with Gasteiger partial charge in [-0.2, -0.15) is 0 Å². The Labute approximate surface area is 103 Å². The van der Waals surface area contributed by atoms with E-state index in [-0.39, 0.29) is 12.5 Å². The summed E-state index contributed by atoms with van der Waals surface area (Å²) in [4.78, 5) is 30.2. The highest BCUT2D eigenvalue weighted by Crippen LogP contribution is 2.10. The van der Waals surface area contributed by atoms with Gasteiger partial charge in [-0.3, -0.25) is 14.3 Å². The Balaban J connectivity index is 2.86. The maximum Gasteiger partial charge on any atom is 0.330 e. The van der Waals surface area contributed by atoms with E-state index >= 15 is 0 Å². The van der Waals surface area contributed by atoms with E-state index in [9.17, 15) is 9.59 Å². The Morgan fingerprint density at radius 3 is 2.61 bits per heavy atom. The van der Waals surface area contributed by atoms with Crippen molar-refractivity contribution in [3.8, 4) is 0 Å². The molecule has 2 aromatic rings. The molecule has 0 aliphatic heterocycles. The number of hydrogen-bond acceptors (Lipinski definition) is 4. The molecule has 0 radical (unpaired) electrons. The van der Waals surface area contributed by atoms with Gasteiger partial charge in [0.25, 0.3) is 5.56 Å². The Kier molecular flexibility index (Phi) is 3.08. The number of imidazole rings is 1. The zero-order valence-electron chi connectivity index (χ0n) is 10.7. The zero-order valence-corrected chi connectivity index (χ0v) is 10.7. The molecule has 2 heterocycles. The van der Waals surface area contributed by atoms with Gasteiger partial charge in [-0.25, -0.2) is 9.78 Å². The summed E-state index contributed by atoms with van der Waals surface area (Å²) in [5, 5.41) is 0. The lowest BCUT2D eigenvalue weighted by atomic mass is 10.2. The SMILES string of the molecule is CC(C)Cn1c(=O)[nH]c(=O)c2c1nc(CN)n2C. The molecule has 0 aliphatic carbocycles. The molecule has 0 fully saturated rings. The molecule has 2 rings (SSSR count). The monoisotopic (exact) mass is 251 g/mol. The van der Waals surface area contributed by atoms with E-state index in [2.05, 4.69) is 9.97 Å². The van der Waals surface area contributed by atoms with E-state index in [1.54, 1.807) is 11.6 Å². The van der Waals surface area contributed by atoms with Crippen LogP contribution in [0.2, 0.25) is 0 Å². The number of nitrogens with one attached hydrogen (secondary N) is 1. The van der Waals surface area contributed by atoms with Crippen molar-refractivity contribution in [2.75, 3.05) is 0 Å². The fraction of sp³-hybridized carbons (Fsp3) is 0.545. The molecule has 0 saturated carbocycles. The number of H-pyrrole nitrogens is 1. The van der Waals surface area contributed by atoms with Crippen LogP contribution in [0, 0.1) is 5.92 Å². The molecule has 3 N–H and O–H groups in total. The molecular weight excluding hydrogens is 234 g/mol. The third-order valence-electron chi connectivity index (χ3n) is 2.84. The topological polar surface area (TPSA) is 98.7 Å². The standard InChI is InChI=1S/C11H17N5O2/c1-6(2)5-16-9-8(10(17)14-11(16)18)15(3)7(4-12)13-9/h6H,4-5,12H2,1-3H3,(H,14,17,18). The fourth-order valence-corrected chi connectivity index (χ4v) is 2.01. The summed E-state index contributed by atoms with van der Waals surface area (Å²) in [6.07, 6.45) is 0. The van der Waals surface area contributed by atoms with Gasteiger partial charge in [0.1, 0.15) is 5.82 Å². The first kappa shape index (κ1) is 12.6. The van der Waals surface area contributed by atoms with Crippen LogP contribution in [-0.4, -0.2) is 19.1 Å². The summed E-state index contributed by atoms with van der Waals surface area (Å²) in [7, 11) is 1.72. The highest BCUT2D eigenvalue weighted by atomic mass is 16.2. The third-order valence-corrected chi connectivity index (χ3v) is 2.84. The summed E-state index contributed by atoms with van der Waals surface area (Å²) in [6.45, 7) is 4.72. The average molecular weight is 251 g/mol. The Morgan fingerprint density at radius 1 is 1.39 bits per heavy atom. The molecule has 0 aromatic carbocycles. The molecule has 98 valence electrons.